The minimum absolute atomic E-state index is 0.133. The Morgan fingerprint density at radius 1 is 1.54 bits per heavy atom. The van der Waals surface area contributed by atoms with Gasteiger partial charge in [0.2, 0.25) is 0 Å². The number of pyridine rings is 1. The molecular formula is C9H10ClNO2. The molecule has 0 N–H and O–H groups in total. The lowest BCUT2D eigenvalue weighted by atomic mass is 10.3. The fraction of sp³-hybridized carbons (Fsp3) is 0.333. The zero-order valence-electron chi connectivity index (χ0n) is 7.45. The molecule has 0 aliphatic heterocycles. The van der Waals surface area contributed by atoms with E-state index < -0.39 is 5.97 Å². The number of carbonyl (C=O) groups excluding carboxylic acids is 1. The highest BCUT2D eigenvalue weighted by Crippen LogP contribution is 2.10. The second kappa shape index (κ2) is 4.23. The largest absolute Gasteiger partial charge is 0.459 e. The van der Waals surface area contributed by atoms with Crippen LogP contribution >= 0.6 is 11.6 Å². The molecule has 1 heterocycles. The summed E-state index contributed by atoms with van der Waals surface area (Å²) in [7, 11) is 0. The Labute approximate surface area is 81.7 Å². The van der Waals surface area contributed by atoms with Crippen LogP contribution in [0.5, 0.6) is 0 Å². The van der Waals surface area contributed by atoms with E-state index >= 15 is 0 Å². The van der Waals surface area contributed by atoms with E-state index in [1.54, 1.807) is 13.8 Å². The molecule has 0 aliphatic carbocycles. The molecule has 1 rings (SSSR count). The van der Waals surface area contributed by atoms with Crippen LogP contribution < -0.4 is 0 Å². The molecule has 0 amide bonds. The lowest BCUT2D eigenvalue weighted by molar-refractivity contribution is 0.0377. The fourth-order valence-electron chi connectivity index (χ4n) is 0.806. The second-order valence-electron chi connectivity index (χ2n) is 2.85. The molecule has 1 aromatic heterocycles. The molecule has 0 spiro atoms. The Balaban J connectivity index is 2.77. The van der Waals surface area contributed by atoms with Crippen LogP contribution in [-0.4, -0.2) is 17.1 Å². The normalized spacial score (nSPS) is 10.2. The molecule has 4 heteroatoms. The van der Waals surface area contributed by atoms with Crippen LogP contribution in [0.3, 0.4) is 0 Å². The summed E-state index contributed by atoms with van der Waals surface area (Å²) < 4.78 is 4.95. The smallest absolute Gasteiger partial charge is 0.340 e. The summed E-state index contributed by atoms with van der Waals surface area (Å²) in [4.78, 5) is 15.1. The first kappa shape index (κ1) is 9.99. The van der Waals surface area contributed by atoms with Gasteiger partial charge >= 0.3 is 5.97 Å². The molecule has 70 valence electrons. The van der Waals surface area contributed by atoms with Gasteiger partial charge in [-0.25, -0.2) is 4.79 Å². The van der Waals surface area contributed by atoms with Crippen molar-refractivity contribution in [3.8, 4) is 0 Å². The molecule has 0 unspecified atom stereocenters. The number of esters is 1. The fourth-order valence-corrected chi connectivity index (χ4v) is 0.980. The van der Waals surface area contributed by atoms with Crippen LogP contribution in [0.2, 0.25) is 5.02 Å². The molecule has 0 saturated carbocycles. The first-order chi connectivity index (χ1) is 6.09. The lowest BCUT2D eigenvalue weighted by Gasteiger charge is -2.06. The van der Waals surface area contributed by atoms with Crippen molar-refractivity contribution < 1.29 is 9.53 Å². The minimum Gasteiger partial charge on any atom is -0.459 e. The number of nitrogens with zero attached hydrogens (tertiary/aromatic N) is 1. The van der Waals surface area contributed by atoms with Gasteiger partial charge in [0, 0.05) is 12.4 Å². The molecule has 13 heavy (non-hydrogen) atoms. The predicted octanol–water partition coefficient (Wildman–Crippen LogP) is 2.30. The van der Waals surface area contributed by atoms with Crippen LogP contribution in [0.4, 0.5) is 0 Å². The highest BCUT2D eigenvalue weighted by atomic mass is 35.5. The van der Waals surface area contributed by atoms with Gasteiger partial charge in [0.1, 0.15) is 0 Å². The summed E-state index contributed by atoms with van der Waals surface area (Å²) in [6.45, 7) is 3.58. The first-order valence-electron chi connectivity index (χ1n) is 3.91. The Kier molecular flexibility index (Phi) is 3.25. The average molecular weight is 200 g/mol. The highest BCUT2D eigenvalue weighted by molar-refractivity contribution is 6.30. The third-order valence-electron chi connectivity index (χ3n) is 1.28. The molecule has 1 aromatic rings. The summed E-state index contributed by atoms with van der Waals surface area (Å²) in [6.07, 6.45) is 2.76. The number of ether oxygens (including phenoxy) is 1. The molecule has 3 nitrogen and oxygen atoms in total. The van der Waals surface area contributed by atoms with Crippen molar-refractivity contribution in [3.63, 3.8) is 0 Å². The summed E-state index contributed by atoms with van der Waals surface area (Å²) in [5.74, 6) is -0.398. The standard InChI is InChI=1S/C9H10ClNO2/c1-6(2)13-9(12)7-3-8(10)5-11-4-7/h3-6H,1-2H3. The summed E-state index contributed by atoms with van der Waals surface area (Å²) >= 11 is 5.66. The Morgan fingerprint density at radius 2 is 2.23 bits per heavy atom. The maximum absolute atomic E-state index is 11.3. The molecule has 0 aliphatic rings. The minimum atomic E-state index is -0.398. The number of hydrogen-bond acceptors (Lipinski definition) is 3. The molecular weight excluding hydrogens is 190 g/mol. The van der Waals surface area contributed by atoms with Gasteiger partial charge in [0.15, 0.2) is 0 Å². The SMILES string of the molecule is CC(C)OC(=O)c1cncc(Cl)c1. The zero-order valence-corrected chi connectivity index (χ0v) is 8.21. The van der Waals surface area contributed by atoms with E-state index in [-0.39, 0.29) is 6.10 Å². The van der Waals surface area contributed by atoms with Crippen LogP contribution in [0.1, 0.15) is 24.2 Å². The number of carbonyl (C=O) groups is 1. The highest BCUT2D eigenvalue weighted by Gasteiger charge is 2.09. The van der Waals surface area contributed by atoms with Crippen molar-refractivity contribution in [2.45, 2.75) is 20.0 Å². The number of hydrogen-bond donors (Lipinski definition) is 0. The van der Waals surface area contributed by atoms with Crippen LogP contribution in [-0.2, 0) is 4.74 Å². The Morgan fingerprint density at radius 3 is 2.77 bits per heavy atom. The van der Waals surface area contributed by atoms with Gasteiger partial charge in [-0.05, 0) is 19.9 Å². The summed E-state index contributed by atoms with van der Waals surface area (Å²) in [5, 5.41) is 0.429. The van der Waals surface area contributed by atoms with Gasteiger partial charge in [-0.1, -0.05) is 11.6 Å². The molecule has 0 aromatic carbocycles. The van der Waals surface area contributed by atoms with Gasteiger partial charge in [0.05, 0.1) is 16.7 Å². The van der Waals surface area contributed by atoms with Crippen LogP contribution in [0.15, 0.2) is 18.5 Å². The summed E-state index contributed by atoms with van der Waals surface area (Å²) in [6, 6.07) is 1.53. The maximum atomic E-state index is 11.3. The Hall–Kier alpha value is -1.09. The second-order valence-corrected chi connectivity index (χ2v) is 3.28. The van der Waals surface area contributed by atoms with Gasteiger partial charge in [0.25, 0.3) is 0 Å². The third kappa shape index (κ3) is 3.03. The van der Waals surface area contributed by atoms with Crippen molar-refractivity contribution >= 4 is 17.6 Å². The molecule has 0 bridgehead atoms. The van der Waals surface area contributed by atoms with E-state index in [9.17, 15) is 4.79 Å². The van der Waals surface area contributed by atoms with Crippen molar-refractivity contribution in [1.82, 2.24) is 4.98 Å². The molecule has 0 fully saturated rings. The molecule has 0 radical (unpaired) electrons. The number of halogens is 1. The van der Waals surface area contributed by atoms with E-state index in [2.05, 4.69) is 4.98 Å². The van der Waals surface area contributed by atoms with E-state index in [4.69, 9.17) is 16.3 Å². The van der Waals surface area contributed by atoms with E-state index in [0.717, 1.165) is 0 Å². The monoisotopic (exact) mass is 199 g/mol. The van der Waals surface area contributed by atoms with E-state index in [0.29, 0.717) is 10.6 Å². The van der Waals surface area contributed by atoms with Crippen LogP contribution in [0, 0.1) is 0 Å². The van der Waals surface area contributed by atoms with Gasteiger partial charge in [-0.2, -0.15) is 0 Å². The van der Waals surface area contributed by atoms with Gasteiger partial charge in [-0.15, -0.1) is 0 Å². The van der Waals surface area contributed by atoms with Gasteiger partial charge < -0.3 is 4.74 Å². The number of rotatable bonds is 2. The topological polar surface area (TPSA) is 39.2 Å². The third-order valence-corrected chi connectivity index (χ3v) is 1.49. The van der Waals surface area contributed by atoms with Crippen molar-refractivity contribution in [2.75, 3.05) is 0 Å². The van der Waals surface area contributed by atoms with Crippen LogP contribution in [0.25, 0.3) is 0 Å². The van der Waals surface area contributed by atoms with E-state index in [1.165, 1.54) is 18.5 Å². The van der Waals surface area contributed by atoms with E-state index in [1.807, 2.05) is 0 Å². The quantitative estimate of drug-likeness (QED) is 0.687. The molecule has 0 atom stereocenters. The van der Waals surface area contributed by atoms with Crippen molar-refractivity contribution in [1.29, 1.82) is 0 Å². The lowest BCUT2D eigenvalue weighted by Crippen LogP contribution is -2.11. The summed E-state index contributed by atoms with van der Waals surface area (Å²) in [5.41, 5.74) is 0.376. The number of aromatic nitrogens is 1. The molecule has 0 saturated heterocycles. The first-order valence-corrected chi connectivity index (χ1v) is 4.29. The Bertz CT molecular complexity index is 312. The zero-order chi connectivity index (χ0) is 9.84. The van der Waals surface area contributed by atoms with Gasteiger partial charge in [-0.3, -0.25) is 4.98 Å². The predicted molar refractivity (Wildman–Crippen MR) is 49.8 cm³/mol. The average Bonchev–Trinajstić information content (AvgIpc) is 2.03. The maximum Gasteiger partial charge on any atom is 0.340 e. The van der Waals surface area contributed by atoms with Crippen molar-refractivity contribution in [2.24, 2.45) is 0 Å². The van der Waals surface area contributed by atoms with Crippen molar-refractivity contribution in [3.05, 3.63) is 29.0 Å².